The number of nitrogens with one attached hydrogen (secondary N) is 1. The van der Waals surface area contributed by atoms with Crippen molar-refractivity contribution in [2.45, 2.75) is 0 Å². The highest BCUT2D eigenvalue weighted by Gasteiger charge is 2.17. The molecule has 0 unspecified atom stereocenters. The SMILES string of the molecule is O=C(NS(=O)(=O)CCOc1ccccc1)c1cocn1. The number of oxazole rings is 1. The van der Waals surface area contributed by atoms with Gasteiger partial charge in [0.25, 0.3) is 5.91 Å². The number of para-hydroxylation sites is 1. The summed E-state index contributed by atoms with van der Waals surface area (Å²) in [6, 6.07) is 8.79. The Balaban J connectivity index is 1.84. The average molecular weight is 296 g/mol. The van der Waals surface area contributed by atoms with Gasteiger partial charge in [-0.3, -0.25) is 4.79 Å². The van der Waals surface area contributed by atoms with E-state index in [0.29, 0.717) is 5.75 Å². The van der Waals surface area contributed by atoms with Crippen molar-refractivity contribution in [3.8, 4) is 5.75 Å². The zero-order valence-corrected chi connectivity index (χ0v) is 11.2. The van der Waals surface area contributed by atoms with E-state index in [0.717, 1.165) is 12.7 Å². The summed E-state index contributed by atoms with van der Waals surface area (Å²) in [5.74, 6) is -0.616. The summed E-state index contributed by atoms with van der Waals surface area (Å²) in [4.78, 5) is 15.1. The van der Waals surface area contributed by atoms with Gasteiger partial charge in [-0.15, -0.1) is 0 Å². The van der Waals surface area contributed by atoms with E-state index in [1.54, 1.807) is 24.3 Å². The van der Waals surface area contributed by atoms with Gasteiger partial charge in [-0.1, -0.05) is 18.2 Å². The molecule has 0 saturated carbocycles. The van der Waals surface area contributed by atoms with Crippen LogP contribution in [0.1, 0.15) is 10.5 Å². The molecule has 0 saturated heterocycles. The van der Waals surface area contributed by atoms with Crippen LogP contribution in [0.4, 0.5) is 0 Å². The fraction of sp³-hybridized carbons (Fsp3) is 0.167. The molecule has 2 aromatic rings. The Morgan fingerprint density at radius 2 is 2.05 bits per heavy atom. The lowest BCUT2D eigenvalue weighted by Gasteiger charge is -2.07. The van der Waals surface area contributed by atoms with Crippen LogP contribution >= 0.6 is 0 Å². The van der Waals surface area contributed by atoms with E-state index in [1.807, 2.05) is 10.8 Å². The molecular formula is C12H12N2O5S. The van der Waals surface area contributed by atoms with E-state index in [4.69, 9.17) is 4.74 Å². The summed E-state index contributed by atoms with van der Waals surface area (Å²) < 4.78 is 35.0. The number of amides is 1. The highest BCUT2D eigenvalue weighted by molar-refractivity contribution is 7.90. The molecule has 1 amide bonds. The molecule has 2 rings (SSSR count). The summed E-state index contributed by atoms with van der Waals surface area (Å²) in [6.07, 6.45) is 2.10. The van der Waals surface area contributed by atoms with E-state index in [-0.39, 0.29) is 18.1 Å². The number of nitrogens with zero attached hydrogens (tertiary/aromatic N) is 1. The number of hydrogen-bond acceptors (Lipinski definition) is 6. The number of benzene rings is 1. The molecule has 0 aliphatic heterocycles. The molecule has 0 radical (unpaired) electrons. The number of ether oxygens (including phenoxy) is 1. The van der Waals surface area contributed by atoms with Gasteiger partial charge in [-0.25, -0.2) is 18.1 Å². The Kier molecular flexibility index (Phi) is 4.36. The monoisotopic (exact) mass is 296 g/mol. The molecule has 1 heterocycles. The van der Waals surface area contributed by atoms with E-state index in [1.165, 1.54) is 0 Å². The van der Waals surface area contributed by atoms with E-state index < -0.39 is 15.9 Å². The third kappa shape index (κ3) is 4.09. The lowest BCUT2D eigenvalue weighted by molar-refractivity contribution is 0.0976. The summed E-state index contributed by atoms with van der Waals surface area (Å²) in [7, 11) is -3.78. The predicted molar refractivity (Wildman–Crippen MR) is 69.7 cm³/mol. The third-order valence-electron chi connectivity index (χ3n) is 2.28. The highest BCUT2D eigenvalue weighted by Crippen LogP contribution is 2.08. The van der Waals surface area contributed by atoms with Gasteiger partial charge in [0.1, 0.15) is 24.4 Å². The van der Waals surface area contributed by atoms with Gasteiger partial charge in [0, 0.05) is 0 Å². The first-order chi connectivity index (χ1) is 9.57. The molecule has 106 valence electrons. The third-order valence-corrected chi connectivity index (χ3v) is 3.48. The fourth-order valence-corrected chi connectivity index (χ4v) is 2.15. The number of aromatic nitrogens is 1. The van der Waals surface area contributed by atoms with Crippen LogP contribution in [0.2, 0.25) is 0 Å². The molecule has 1 aromatic carbocycles. The Labute approximate surface area is 115 Å². The molecule has 0 atom stereocenters. The van der Waals surface area contributed by atoms with Crippen LogP contribution in [0.25, 0.3) is 0 Å². The fourth-order valence-electron chi connectivity index (χ4n) is 1.36. The van der Waals surface area contributed by atoms with E-state index >= 15 is 0 Å². The molecule has 8 heteroatoms. The van der Waals surface area contributed by atoms with Crippen molar-refractivity contribution in [3.63, 3.8) is 0 Å². The summed E-state index contributed by atoms with van der Waals surface area (Å²) >= 11 is 0. The molecule has 20 heavy (non-hydrogen) atoms. The van der Waals surface area contributed by atoms with Gasteiger partial charge in [0.05, 0.1) is 0 Å². The summed E-state index contributed by atoms with van der Waals surface area (Å²) in [6.45, 7) is -0.0640. The van der Waals surface area contributed by atoms with Crippen LogP contribution in [0.15, 0.2) is 47.4 Å². The standard InChI is InChI=1S/C12H12N2O5S/c15-12(11-8-18-9-13-11)14-20(16,17)7-6-19-10-4-2-1-3-5-10/h1-5,8-9H,6-7H2,(H,14,15). The second-order valence-electron chi connectivity index (χ2n) is 3.79. The zero-order chi connectivity index (χ0) is 14.4. The zero-order valence-electron chi connectivity index (χ0n) is 10.4. The largest absolute Gasteiger partial charge is 0.492 e. The van der Waals surface area contributed by atoms with E-state index in [9.17, 15) is 13.2 Å². The van der Waals surface area contributed by atoms with Crippen molar-refractivity contribution in [1.82, 2.24) is 9.71 Å². The Morgan fingerprint density at radius 1 is 1.30 bits per heavy atom. The molecule has 7 nitrogen and oxygen atoms in total. The first kappa shape index (κ1) is 14.1. The Morgan fingerprint density at radius 3 is 2.70 bits per heavy atom. The molecule has 1 N–H and O–H groups in total. The number of carbonyl (C=O) groups is 1. The van der Waals surface area contributed by atoms with Crippen LogP contribution in [-0.4, -0.2) is 31.7 Å². The second kappa shape index (κ2) is 6.20. The smallest absolute Gasteiger partial charge is 0.286 e. The lowest BCUT2D eigenvalue weighted by atomic mass is 10.3. The van der Waals surface area contributed by atoms with Gasteiger partial charge < -0.3 is 9.15 Å². The van der Waals surface area contributed by atoms with Crippen LogP contribution in [0.5, 0.6) is 5.75 Å². The van der Waals surface area contributed by atoms with Crippen LogP contribution in [0, 0.1) is 0 Å². The normalized spacial score (nSPS) is 11.0. The molecular weight excluding hydrogens is 284 g/mol. The van der Waals surface area contributed by atoms with Crippen molar-refractivity contribution in [3.05, 3.63) is 48.7 Å². The van der Waals surface area contributed by atoms with Crippen LogP contribution in [0.3, 0.4) is 0 Å². The van der Waals surface area contributed by atoms with Crippen LogP contribution in [-0.2, 0) is 10.0 Å². The van der Waals surface area contributed by atoms with Crippen molar-refractivity contribution in [1.29, 1.82) is 0 Å². The van der Waals surface area contributed by atoms with Crippen molar-refractivity contribution in [2.75, 3.05) is 12.4 Å². The Bertz CT molecular complexity index is 652. The maximum atomic E-state index is 11.7. The first-order valence-electron chi connectivity index (χ1n) is 5.68. The number of carbonyl (C=O) groups excluding carboxylic acids is 1. The van der Waals surface area contributed by atoms with E-state index in [2.05, 4.69) is 9.40 Å². The highest BCUT2D eigenvalue weighted by atomic mass is 32.2. The molecule has 0 aliphatic carbocycles. The van der Waals surface area contributed by atoms with Crippen molar-refractivity contribution < 1.29 is 22.4 Å². The number of rotatable bonds is 6. The minimum atomic E-state index is -3.78. The minimum absolute atomic E-state index is 0.0640. The Hall–Kier alpha value is -2.35. The molecule has 0 fully saturated rings. The maximum Gasteiger partial charge on any atom is 0.286 e. The lowest BCUT2D eigenvalue weighted by Crippen LogP contribution is -2.34. The molecule has 0 aliphatic rings. The molecule has 0 spiro atoms. The van der Waals surface area contributed by atoms with Crippen molar-refractivity contribution >= 4 is 15.9 Å². The van der Waals surface area contributed by atoms with Gasteiger partial charge in [0.15, 0.2) is 12.1 Å². The summed E-state index contributed by atoms with van der Waals surface area (Å²) in [5.41, 5.74) is -0.0995. The minimum Gasteiger partial charge on any atom is -0.492 e. The maximum absolute atomic E-state index is 11.7. The van der Waals surface area contributed by atoms with Gasteiger partial charge in [0.2, 0.25) is 10.0 Å². The predicted octanol–water partition coefficient (Wildman–Crippen LogP) is 0.813. The molecule has 1 aromatic heterocycles. The van der Waals surface area contributed by atoms with Crippen LogP contribution < -0.4 is 9.46 Å². The summed E-state index contributed by atoms with van der Waals surface area (Å²) in [5, 5.41) is 0. The number of sulfonamides is 1. The van der Waals surface area contributed by atoms with Gasteiger partial charge in [-0.2, -0.15) is 0 Å². The first-order valence-corrected chi connectivity index (χ1v) is 7.33. The number of hydrogen-bond donors (Lipinski definition) is 1. The quantitative estimate of drug-likeness (QED) is 0.847. The second-order valence-corrected chi connectivity index (χ2v) is 5.63. The van der Waals surface area contributed by atoms with Gasteiger partial charge in [-0.05, 0) is 12.1 Å². The molecule has 0 bridgehead atoms. The van der Waals surface area contributed by atoms with Crippen molar-refractivity contribution in [2.24, 2.45) is 0 Å². The topological polar surface area (TPSA) is 98.5 Å². The van der Waals surface area contributed by atoms with Gasteiger partial charge >= 0.3 is 0 Å². The average Bonchev–Trinajstić information content (AvgIpc) is 2.93.